The Balaban J connectivity index is 1.57. The average molecular weight is 428 g/mol. The van der Waals surface area contributed by atoms with E-state index in [0.717, 1.165) is 18.6 Å². The normalized spacial score (nSPS) is 13.4. The summed E-state index contributed by atoms with van der Waals surface area (Å²) < 4.78 is 21.7. The summed E-state index contributed by atoms with van der Waals surface area (Å²) in [6.07, 6.45) is 4.73. The molecule has 2 aromatic carbocycles. The Labute approximate surface area is 181 Å². The van der Waals surface area contributed by atoms with Gasteiger partial charge in [-0.2, -0.15) is 0 Å². The van der Waals surface area contributed by atoms with Gasteiger partial charge in [-0.1, -0.05) is 6.07 Å². The number of methoxy groups -OCH3 is 3. The first-order valence-electron chi connectivity index (χ1n) is 10.2. The fourth-order valence-electron chi connectivity index (χ4n) is 3.53. The lowest BCUT2D eigenvalue weighted by molar-refractivity contribution is -0.115. The van der Waals surface area contributed by atoms with Crippen LogP contribution in [0.2, 0.25) is 0 Å². The number of benzene rings is 2. The number of carbonyl (C=O) groups is 2. The van der Waals surface area contributed by atoms with Crippen LogP contribution in [0.4, 0.5) is 5.69 Å². The van der Waals surface area contributed by atoms with Crippen molar-refractivity contribution in [2.75, 3.05) is 33.2 Å². The van der Waals surface area contributed by atoms with Crippen molar-refractivity contribution in [2.45, 2.75) is 31.8 Å². The van der Waals surface area contributed by atoms with Crippen LogP contribution in [0.25, 0.3) is 0 Å². The molecule has 0 radical (unpaired) electrons. The van der Waals surface area contributed by atoms with Crippen LogP contribution in [0.15, 0.2) is 36.4 Å². The molecule has 0 aliphatic heterocycles. The quantitative estimate of drug-likeness (QED) is 0.636. The predicted molar refractivity (Wildman–Crippen MR) is 116 cm³/mol. The average Bonchev–Trinajstić information content (AvgIpc) is 3.29. The van der Waals surface area contributed by atoms with E-state index >= 15 is 0 Å². The molecule has 1 aliphatic carbocycles. The van der Waals surface area contributed by atoms with E-state index in [2.05, 4.69) is 10.6 Å². The highest BCUT2D eigenvalue weighted by atomic mass is 16.5. The molecule has 0 spiro atoms. The summed E-state index contributed by atoms with van der Waals surface area (Å²) in [4.78, 5) is 24.8. The Kier molecular flexibility index (Phi) is 7.59. The van der Waals surface area contributed by atoms with Crippen molar-refractivity contribution >= 4 is 17.5 Å². The lowest BCUT2D eigenvalue weighted by Crippen LogP contribution is -2.32. The summed E-state index contributed by atoms with van der Waals surface area (Å²) in [5.41, 5.74) is 0.900. The first-order valence-corrected chi connectivity index (χ1v) is 10.2. The maximum atomic E-state index is 12.5. The van der Waals surface area contributed by atoms with E-state index in [4.69, 9.17) is 18.9 Å². The summed E-state index contributed by atoms with van der Waals surface area (Å²) in [5, 5.41) is 5.37. The number of anilines is 1. The van der Waals surface area contributed by atoms with Crippen LogP contribution < -0.4 is 29.6 Å². The fourth-order valence-corrected chi connectivity index (χ4v) is 3.53. The maximum absolute atomic E-state index is 12.5. The van der Waals surface area contributed by atoms with Crippen molar-refractivity contribution in [3.8, 4) is 23.0 Å². The summed E-state index contributed by atoms with van der Waals surface area (Å²) in [7, 11) is 4.42. The van der Waals surface area contributed by atoms with Crippen molar-refractivity contribution in [3.05, 3.63) is 42.0 Å². The van der Waals surface area contributed by atoms with Gasteiger partial charge in [0, 0.05) is 17.3 Å². The van der Waals surface area contributed by atoms with Crippen molar-refractivity contribution in [1.29, 1.82) is 0 Å². The molecule has 8 nitrogen and oxygen atoms in total. The molecule has 8 heteroatoms. The smallest absolute Gasteiger partial charge is 0.251 e. The van der Waals surface area contributed by atoms with Gasteiger partial charge in [0.05, 0.1) is 34.0 Å². The van der Waals surface area contributed by atoms with Gasteiger partial charge in [0.25, 0.3) is 5.91 Å². The van der Waals surface area contributed by atoms with Crippen LogP contribution in [0.3, 0.4) is 0 Å². The molecule has 0 bridgehead atoms. The van der Waals surface area contributed by atoms with Crippen LogP contribution in [-0.2, 0) is 4.79 Å². The third kappa shape index (κ3) is 5.81. The Morgan fingerprint density at radius 1 is 0.968 bits per heavy atom. The van der Waals surface area contributed by atoms with Gasteiger partial charge in [0.15, 0.2) is 11.5 Å². The molecule has 3 rings (SSSR count). The van der Waals surface area contributed by atoms with E-state index in [1.165, 1.54) is 46.3 Å². The van der Waals surface area contributed by atoms with Gasteiger partial charge in [0.1, 0.15) is 5.75 Å². The van der Waals surface area contributed by atoms with Crippen LogP contribution in [0.5, 0.6) is 23.0 Å². The van der Waals surface area contributed by atoms with Gasteiger partial charge in [0.2, 0.25) is 11.7 Å². The second-order valence-corrected chi connectivity index (χ2v) is 7.20. The summed E-state index contributed by atoms with van der Waals surface area (Å²) in [5.74, 6) is 1.04. The van der Waals surface area contributed by atoms with Gasteiger partial charge < -0.3 is 29.6 Å². The van der Waals surface area contributed by atoms with E-state index in [1.54, 1.807) is 12.1 Å². The molecule has 31 heavy (non-hydrogen) atoms. The molecule has 166 valence electrons. The third-order valence-corrected chi connectivity index (χ3v) is 5.06. The maximum Gasteiger partial charge on any atom is 0.251 e. The molecular formula is C23H28N2O6. The number of ether oxygens (including phenoxy) is 4. The molecular weight excluding hydrogens is 400 g/mol. The van der Waals surface area contributed by atoms with Crippen LogP contribution in [-0.4, -0.2) is 45.8 Å². The highest BCUT2D eigenvalue weighted by molar-refractivity contribution is 6.00. The number of hydrogen-bond donors (Lipinski definition) is 2. The Hall–Kier alpha value is -3.42. The van der Waals surface area contributed by atoms with Crippen LogP contribution in [0.1, 0.15) is 36.0 Å². The van der Waals surface area contributed by atoms with E-state index < -0.39 is 5.91 Å². The SMILES string of the molecule is COc1cc(C(=O)NCC(=O)Nc2cccc(OC3CCCC3)c2)cc(OC)c1OC. The highest BCUT2D eigenvalue weighted by Gasteiger charge is 2.18. The molecule has 1 fully saturated rings. The van der Waals surface area contributed by atoms with E-state index in [9.17, 15) is 9.59 Å². The zero-order valence-electron chi connectivity index (χ0n) is 18.0. The fraction of sp³-hybridized carbons (Fsp3) is 0.391. The molecule has 0 saturated heterocycles. The van der Waals surface area contributed by atoms with E-state index in [0.29, 0.717) is 22.9 Å². The Morgan fingerprint density at radius 3 is 2.26 bits per heavy atom. The summed E-state index contributed by atoms with van der Waals surface area (Å²) in [6, 6.07) is 10.3. The van der Waals surface area contributed by atoms with Gasteiger partial charge in [-0.05, 0) is 49.9 Å². The van der Waals surface area contributed by atoms with Crippen molar-refractivity contribution in [1.82, 2.24) is 5.32 Å². The van der Waals surface area contributed by atoms with Gasteiger partial charge >= 0.3 is 0 Å². The monoisotopic (exact) mass is 428 g/mol. The molecule has 1 aliphatic rings. The lowest BCUT2D eigenvalue weighted by atomic mass is 10.1. The zero-order valence-corrected chi connectivity index (χ0v) is 18.0. The van der Waals surface area contributed by atoms with Crippen molar-refractivity contribution in [2.24, 2.45) is 0 Å². The minimum absolute atomic E-state index is 0.191. The number of nitrogens with one attached hydrogen (secondary N) is 2. The molecule has 2 aromatic rings. The summed E-state index contributed by atoms with van der Waals surface area (Å²) >= 11 is 0. The molecule has 0 atom stereocenters. The number of amides is 2. The molecule has 0 unspecified atom stereocenters. The minimum Gasteiger partial charge on any atom is -0.493 e. The molecule has 1 saturated carbocycles. The summed E-state index contributed by atoms with van der Waals surface area (Å²) in [6.45, 7) is -0.191. The second kappa shape index (κ2) is 10.6. The number of rotatable bonds is 9. The topological polar surface area (TPSA) is 95.1 Å². The second-order valence-electron chi connectivity index (χ2n) is 7.20. The van der Waals surface area contributed by atoms with Crippen LogP contribution in [0, 0.1) is 0 Å². The van der Waals surface area contributed by atoms with Crippen molar-refractivity contribution in [3.63, 3.8) is 0 Å². The first kappa shape index (κ1) is 22.3. The number of carbonyl (C=O) groups excluding carboxylic acids is 2. The Bertz CT molecular complexity index is 899. The third-order valence-electron chi connectivity index (χ3n) is 5.06. The largest absolute Gasteiger partial charge is 0.493 e. The zero-order chi connectivity index (χ0) is 22.2. The molecule has 2 N–H and O–H groups in total. The van der Waals surface area contributed by atoms with Gasteiger partial charge in [-0.25, -0.2) is 0 Å². The predicted octanol–water partition coefficient (Wildman–Crippen LogP) is 3.40. The molecule has 2 amide bonds. The van der Waals surface area contributed by atoms with Gasteiger partial charge in [-0.3, -0.25) is 9.59 Å². The van der Waals surface area contributed by atoms with E-state index in [1.807, 2.05) is 12.1 Å². The van der Waals surface area contributed by atoms with Crippen molar-refractivity contribution < 1.29 is 28.5 Å². The van der Waals surface area contributed by atoms with Crippen LogP contribution >= 0.6 is 0 Å². The number of hydrogen-bond acceptors (Lipinski definition) is 6. The molecule has 0 aromatic heterocycles. The Morgan fingerprint density at radius 2 is 1.65 bits per heavy atom. The van der Waals surface area contributed by atoms with Gasteiger partial charge in [-0.15, -0.1) is 0 Å². The van der Waals surface area contributed by atoms with E-state index in [-0.39, 0.29) is 24.1 Å². The lowest BCUT2D eigenvalue weighted by Gasteiger charge is -2.15. The highest BCUT2D eigenvalue weighted by Crippen LogP contribution is 2.38. The first-order chi connectivity index (χ1) is 15.0. The molecule has 0 heterocycles. The minimum atomic E-state index is -0.437. The standard InChI is InChI=1S/C23H28N2O6/c1-28-19-11-15(12-20(29-2)22(19)30-3)23(27)24-14-21(26)25-16-7-6-10-18(13-16)31-17-8-4-5-9-17/h6-7,10-13,17H,4-5,8-9,14H2,1-3H3,(H,24,27)(H,25,26).